The predicted molar refractivity (Wildman–Crippen MR) is 289 cm³/mol. The van der Waals surface area contributed by atoms with E-state index >= 15 is 0 Å². The van der Waals surface area contributed by atoms with Crippen LogP contribution in [0.25, 0.3) is 43.1 Å². The van der Waals surface area contributed by atoms with Gasteiger partial charge in [0.15, 0.2) is 8.07 Å². The second-order valence-corrected chi connectivity index (χ2v) is 21.0. The third-order valence-corrected chi connectivity index (χ3v) is 18.4. The van der Waals surface area contributed by atoms with Gasteiger partial charge < -0.3 is 9.80 Å². The molecule has 0 spiro atoms. The first-order valence-electron chi connectivity index (χ1n) is 23.1. The predicted octanol–water partition coefficient (Wildman–Crippen LogP) is 14.6. The van der Waals surface area contributed by atoms with E-state index in [4.69, 9.17) is 0 Å². The molecule has 0 aliphatic carbocycles. The third kappa shape index (κ3) is 6.96. The van der Waals surface area contributed by atoms with Crippen LogP contribution in [0.2, 0.25) is 0 Å². The molecule has 2 nitrogen and oxygen atoms in total. The van der Waals surface area contributed by atoms with E-state index in [-0.39, 0.29) is 0 Å². The summed E-state index contributed by atoms with van der Waals surface area (Å²) in [4.78, 5) is 4.90. The van der Waals surface area contributed by atoms with Gasteiger partial charge in [-0.1, -0.05) is 231 Å². The van der Waals surface area contributed by atoms with Gasteiger partial charge in [0.25, 0.3) is 0 Å². The van der Waals surface area contributed by atoms with E-state index in [1.165, 1.54) is 63.8 Å². The minimum absolute atomic E-state index is 1.11. The Morgan fingerprint density at radius 2 is 0.433 bits per heavy atom. The van der Waals surface area contributed by atoms with Crippen molar-refractivity contribution in [3.8, 4) is 0 Å². The number of benzene rings is 12. The zero-order valence-electron chi connectivity index (χ0n) is 37.0. The van der Waals surface area contributed by atoms with E-state index in [2.05, 4.69) is 289 Å². The topological polar surface area (TPSA) is 6.48 Å². The summed E-state index contributed by atoms with van der Waals surface area (Å²) in [6.07, 6.45) is 0. The summed E-state index contributed by atoms with van der Waals surface area (Å²) in [6, 6.07) is 103. The van der Waals surface area contributed by atoms with Crippen LogP contribution in [0.15, 0.2) is 279 Å². The van der Waals surface area contributed by atoms with Crippen molar-refractivity contribution in [3.63, 3.8) is 0 Å². The first kappa shape index (κ1) is 40.0. The highest BCUT2D eigenvalue weighted by molar-refractivity contribution is 7.19. The van der Waals surface area contributed by atoms with Crippen LogP contribution in [0.3, 0.4) is 0 Å². The molecule has 0 aliphatic rings. The molecule has 0 radical (unpaired) electrons. The van der Waals surface area contributed by atoms with Crippen LogP contribution in [0.5, 0.6) is 0 Å². The van der Waals surface area contributed by atoms with Gasteiger partial charge in [0, 0.05) is 32.9 Å². The molecule has 0 unspecified atom stereocenters. The molecule has 12 aromatic rings. The SMILES string of the molecule is c1ccc([Si](c2ccccc2)(c2ccc(N(c3cccc4ccccc34)c3cccc4ccccc34)cc2)c2ccc(N(c3cccc4ccccc34)c3cccc4ccccc34)cc2)cc1. The van der Waals surface area contributed by atoms with Gasteiger partial charge in [0.05, 0.1) is 22.7 Å². The Morgan fingerprint density at radius 3 is 0.731 bits per heavy atom. The molecule has 12 rings (SSSR count). The summed E-state index contributed by atoms with van der Waals surface area (Å²) < 4.78 is 0. The molecule has 3 heteroatoms. The molecule has 0 aromatic heterocycles. The largest absolute Gasteiger partial charge is 0.309 e. The van der Waals surface area contributed by atoms with Crippen LogP contribution >= 0.6 is 0 Å². The molecule has 0 atom stereocenters. The van der Waals surface area contributed by atoms with Crippen molar-refractivity contribution >= 4 is 106 Å². The second kappa shape index (κ2) is 17.1. The van der Waals surface area contributed by atoms with Crippen LogP contribution in [0, 0.1) is 0 Å². The minimum atomic E-state index is -2.94. The number of anilines is 6. The first-order chi connectivity index (χ1) is 33.3. The van der Waals surface area contributed by atoms with E-state index in [9.17, 15) is 0 Å². The average Bonchev–Trinajstić information content (AvgIpc) is 3.41. The van der Waals surface area contributed by atoms with E-state index in [1.54, 1.807) is 0 Å². The number of fused-ring (bicyclic) bond motifs is 4. The molecule has 0 N–H and O–H groups in total. The van der Waals surface area contributed by atoms with Crippen LogP contribution in [0.4, 0.5) is 34.1 Å². The molecular weight excluding hydrogens is 825 g/mol. The second-order valence-electron chi connectivity index (χ2n) is 17.2. The van der Waals surface area contributed by atoms with Crippen molar-refractivity contribution in [1.29, 1.82) is 0 Å². The molecule has 0 fully saturated rings. The van der Waals surface area contributed by atoms with Gasteiger partial charge in [-0.3, -0.25) is 0 Å². The van der Waals surface area contributed by atoms with Crippen molar-refractivity contribution in [2.24, 2.45) is 0 Å². The maximum Gasteiger partial charge on any atom is 0.179 e. The molecule has 67 heavy (non-hydrogen) atoms. The smallest absolute Gasteiger partial charge is 0.179 e. The minimum Gasteiger partial charge on any atom is -0.309 e. The molecule has 0 heterocycles. The molecule has 0 amide bonds. The lowest BCUT2D eigenvalue weighted by atomic mass is 10.0. The Balaban J connectivity index is 1.06. The number of hydrogen-bond acceptors (Lipinski definition) is 2. The van der Waals surface area contributed by atoms with Gasteiger partial charge in [-0.2, -0.15) is 0 Å². The summed E-state index contributed by atoms with van der Waals surface area (Å²) in [6.45, 7) is 0. The van der Waals surface area contributed by atoms with Crippen molar-refractivity contribution in [2.75, 3.05) is 9.80 Å². The fraction of sp³-hybridized carbons (Fsp3) is 0. The molecule has 12 aromatic carbocycles. The highest BCUT2D eigenvalue weighted by Crippen LogP contribution is 2.43. The van der Waals surface area contributed by atoms with E-state index in [0.717, 1.165) is 34.1 Å². The van der Waals surface area contributed by atoms with E-state index in [1.807, 2.05) is 0 Å². The van der Waals surface area contributed by atoms with Crippen molar-refractivity contribution < 1.29 is 0 Å². The van der Waals surface area contributed by atoms with Crippen molar-refractivity contribution in [2.45, 2.75) is 0 Å². The standard InChI is InChI=1S/C64H46N2Si/c1-3-27-53(28-4-1)67(54-29-5-2-6-30-54,55-43-39-51(40-44-55)65(61-35-15-23-47-19-7-11-31-57(47)61)62-36-16-24-48-20-8-12-32-58(48)62)56-45-41-52(42-46-56)66(63-37-17-25-49-21-9-13-33-59(49)63)64-38-18-26-50-22-10-14-34-60(50)64/h1-46H. The maximum absolute atomic E-state index is 2.94. The zero-order chi connectivity index (χ0) is 44.6. The lowest BCUT2D eigenvalue weighted by molar-refractivity contribution is 1.31. The van der Waals surface area contributed by atoms with Crippen molar-refractivity contribution in [1.82, 2.24) is 0 Å². The highest BCUT2D eigenvalue weighted by Gasteiger charge is 2.41. The number of rotatable bonds is 10. The van der Waals surface area contributed by atoms with Crippen LogP contribution in [-0.4, -0.2) is 8.07 Å². The van der Waals surface area contributed by atoms with Gasteiger partial charge in [-0.25, -0.2) is 0 Å². The van der Waals surface area contributed by atoms with Gasteiger partial charge in [-0.05, 0) is 90.8 Å². The molecule has 316 valence electrons. The molecule has 0 aliphatic heterocycles. The van der Waals surface area contributed by atoms with Gasteiger partial charge in [0.2, 0.25) is 0 Å². The first-order valence-corrected chi connectivity index (χ1v) is 25.1. The van der Waals surface area contributed by atoms with Gasteiger partial charge >= 0.3 is 0 Å². The quantitative estimate of drug-likeness (QED) is 0.0998. The van der Waals surface area contributed by atoms with Gasteiger partial charge in [-0.15, -0.1) is 0 Å². The summed E-state index contributed by atoms with van der Waals surface area (Å²) >= 11 is 0. The van der Waals surface area contributed by atoms with E-state index in [0.29, 0.717) is 0 Å². The fourth-order valence-electron chi connectivity index (χ4n) is 10.5. The normalized spacial score (nSPS) is 11.6. The number of hydrogen-bond donors (Lipinski definition) is 0. The monoisotopic (exact) mass is 870 g/mol. The van der Waals surface area contributed by atoms with Gasteiger partial charge in [0.1, 0.15) is 0 Å². The lowest BCUT2D eigenvalue weighted by Gasteiger charge is -2.36. The Kier molecular flexibility index (Phi) is 10.2. The van der Waals surface area contributed by atoms with Crippen LogP contribution in [0.1, 0.15) is 0 Å². The van der Waals surface area contributed by atoms with Crippen LogP contribution in [-0.2, 0) is 0 Å². The van der Waals surface area contributed by atoms with Crippen molar-refractivity contribution in [3.05, 3.63) is 279 Å². The fourth-order valence-corrected chi connectivity index (χ4v) is 15.2. The summed E-state index contributed by atoms with van der Waals surface area (Å²) in [5, 5.41) is 15.0. The number of nitrogens with zero attached hydrogens (tertiary/aromatic N) is 2. The lowest BCUT2D eigenvalue weighted by Crippen LogP contribution is -2.74. The van der Waals surface area contributed by atoms with Crippen LogP contribution < -0.4 is 30.5 Å². The van der Waals surface area contributed by atoms with E-state index < -0.39 is 8.07 Å². The highest BCUT2D eigenvalue weighted by atomic mass is 28.3. The summed E-state index contributed by atoms with van der Waals surface area (Å²) in [5.74, 6) is 0. The Bertz CT molecular complexity index is 3270. The molecule has 0 saturated carbocycles. The summed E-state index contributed by atoms with van der Waals surface area (Å²) in [7, 11) is -2.94. The zero-order valence-corrected chi connectivity index (χ0v) is 38.0. The maximum atomic E-state index is 2.45. The Morgan fingerprint density at radius 1 is 0.194 bits per heavy atom. The third-order valence-electron chi connectivity index (χ3n) is 13.6. The molecular formula is C64H46N2Si. The average molecular weight is 871 g/mol. The Labute approximate surface area is 392 Å². The molecule has 0 saturated heterocycles. The summed E-state index contributed by atoms with van der Waals surface area (Å²) in [5.41, 5.74) is 6.81. The Hall–Kier alpha value is -8.50. The molecule has 0 bridgehead atoms.